The predicted octanol–water partition coefficient (Wildman–Crippen LogP) is 1.90. The van der Waals surface area contributed by atoms with Crippen LogP contribution in [0.5, 0.6) is 5.75 Å². The molecule has 0 fully saturated rings. The Morgan fingerprint density at radius 3 is 2.79 bits per heavy atom. The molecule has 2 N–H and O–H groups in total. The number of nitrogen functional groups attached to an aromatic ring is 1. The first-order valence-corrected chi connectivity index (χ1v) is 6.15. The van der Waals surface area contributed by atoms with E-state index in [-0.39, 0.29) is 11.8 Å². The van der Waals surface area contributed by atoms with E-state index in [2.05, 4.69) is 6.07 Å². The third-order valence-corrected chi connectivity index (χ3v) is 2.84. The van der Waals surface area contributed by atoms with Crippen LogP contribution >= 0.6 is 0 Å². The van der Waals surface area contributed by atoms with Crippen LogP contribution in [0.3, 0.4) is 0 Å². The SMILES string of the molecule is CCN(CC(C)C#N)C(=O)c1ccc(N)cc1OC. The van der Waals surface area contributed by atoms with Gasteiger partial charge in [-0.3, -0.25) is 4.79 Å². The number of nitrogens with two attached hydrogens (primary N) is 1. The third-order valence-electron chi connectivity index (χ3n) is 2.84. The lowest BCUT2D eigenvalue weighted by Gasteiger charge is -2.23. The second-order valence-corrected chi connectivity index (χ2v) is 4.33. The van der Waals surface area contributed by atoms with E-state index in [4.69, 9.17) is 15.7 Å². The number of carbonyl (C=O) groups excluding carboxylic acids is 1. The maximum atomic E-state index is 12.4. The highest BCUT2D eigenvalue weighted by molar-refractivity contribution is 5.97. The van der Waals surface area contributed by atoms with E-state index < -0.39 is 0 Å². The van der Waals surface area contributed by atoms with Gasteiger partial charge in [-0.2, -0.15) is 5.26 Å². The van der Waals surface area contributed by atoms with E-state index in [1.54, 1.807) is 30.0 Å². The molecule has 5 heteroatoms. The van der Waals surface area contributed by atoms with Crippen LogP contribution in [0.25, 0.3) is 0 Å². The molecule has 0 bridgehead atoms. The zero-order valence-electron chi connectivity index (χ0n) is 11.5. The lowest BCUT2D eigenvalue weighted by molar-refractivity contribution is 0.0749. The summed E-state index contributed by atoms with van der Waals surface area (Å²) in [4.78, 5) is 14.0. The number of methoxy groups -OCH3 is 1. The van der Waals surface area contributed by atoms with Crippen LogP contribution < -0.4 is 10.5 Å². The highest BCUT2D eigenvalue weighted by Crippen LogP contribution is 2.23. The average Bonchev–Trinajstić information content (AvgIpc) is 2.43. The first-order chi connectivity index (χ1) is 9.03. The van der Waals surface area contributed by atoms with Crippen molar-refractivity contribution in [3.8, 4) is 11.8 Å². The number of benzene rings is 1. The summed E-state index contributed by atoms with van der Waals surface area (Å²) in [5.41, 5.74) is 6.67. The van der Waals surface area contributed by atoms with Crippen LogP contribution in [0.15, 0.2) is 18.2 Å². The van der Waals surface area contributed by atoms with Gasteiger partial charge in [0.15, 0.2) is 0 Å². The molecule has 0 saturated heterocycles. The molecule has 0 radical (unpaired) electrons. The van der Waals surface area contributed by atoms with Crippen molar-refractivity contribution in [2.45, 2.75) is 13.8 Å². The van der Waals surface area contributed by atoms with Gasteiger partial charge >= 0.3 is 0 Å². The summed E-state index contributed by atoms with van der Waals surface area (Å²) >= 11 is 0. The van der Waals surface area contributed by atoms with Gasteiger partial charge in [0.05, 0.1) is 24.7 Å². The van der Waals surface area contributed by atoms with Crippen LogP contribution in [-0.4, -0.2) is 31.0 Å². The summed E-state index contributed by atoms with van der Waals surface area (Å²) in [6, 6.07) is 7.06. The molecule has 1 rings (SSSR count). The summed E-state index contributed by atoms with van der Waals surface area (Å²) in [6.45, 7) is 4.61. The van der Waals surface area contributed by atoms with E-state index in [1.165, 1.54) is 7.11 Å². The number of amides is 1. The lowest BCUT2D eigenvalue weighted by Crippen LogP contribution is -2.34. The van der Waals surface area contributed by atoms with Gasteiger partial charge in [-0.15, -0.1) is 0 Å². The fourth-order valence-corrected chi connectivity index (χ4v) is 1.78. The molecule has 1 atom stereocenters. The number of nitrogens with zero attached hydrogens (tertiary/aromatic N) is 2. The topological polar surface area (TPSA) is 79.4 Å². The number of nitriles is 1. The lowest BCUT2D eigenvalue weighted by atomic mass is 10.1. The monoisotopic (exact) mass is 261 g/mol. The molecule has 0 spiro atoms. The smallest absolute Gasteiger partial charge is 0.257 e. The van der Waals surface area contributed by atoms with Crippen molar-refractivity contribution < 1.29 is 9.53 Å². The minimum atomic E-state index is -0.205. The standard InChI is InChI=1S/C14H19N3O2/c1-4-17(9-10(2)8-15)14(18)12-6-5-11(16)7-13(12)19-3/h5-7,10H,4,9,16H2,1-3H3. The van der Waals surface area contributed by atoms with Gasteiger partial charge in [-0.05, 0) is 26.0 Å². The van der Waals surface area contributed by atoms with Gasteiger partial charge < -0.3 is 15.4 Å². The Labute approximate surface area is 113 Å². The molecule has 5 nitrogen and oxygen atoms in total. The predicted molar refractivity (Wildman–Crippen MR) is 73.8 cm³/mol. The van der Waals surface area contributed by atoms with Gasteiger partial charge in [-0.25, -0.2) is 0 Å². The zero-order valence-corrected chi connectivity index (χ0v) is 11.5. The van der Waals surface area contributed by atoms with Crippen molar-refractivity contribution in [2.75, 3.05) is 25.9 Å². The minimum absolute atomic E-state index is 0.151. The van der Waals surface area contributed by atoms with E-state index in [0.717, 1.165) is 0 Å². The Balaban J connectivity index is 3.01. The molecule has 0 saturated carbocycles. The number of carbonyl (C=O) groups is 1. The Hall–Kier alpha value is -2.22. The molecule has 0 heterocycles. The molecule has 0 aromatic heterocycles. The van der Waals surface area contributed by atoms with Gasteiger partial charge in [0, 0.05) is 24.8 Å². The largest absolute Gasteiger partial charge is 0.496 e. The molecule has 1 aromatic carbocycles. The van der Waals surface area contributed by atoms with Crippen LogP contribution in [0.4, 0.5) is 5.69 Å². The maximum Gasteiger partial charge on any atom is 0.257 e. The summed E-state index contributed by atoms with van der Waals surface area (Å²) in [5, 5.41) is 8.84. The maximum absolute atomic E-state index is 12.4. The van der Waals surface area contributed by atoms with Crippen LogP contribution in [0, 0.1) is 17.2 Å². The summed E-state index contributed by atoms with van der Waals surface area (Å²) < 4.78 is 5.18. The molecule has 1 amide bonds. The fraction of sp³-hybridized carbons (Fsp3) is 0.429. The first kappa shape index (κ1) is 14.8. The summed E-state index contributed by atoms with van der Waals surface area (Å²) in [6.07, 6.45) is 0. The number of ether oxygens (including phenoxy) is 1. The Morgan fingerprint density at radius 2 is 2.26 bits per heavy atom. The molecule has 19 heavy (non-hydrogen) atoms. The van der Waals surface area contributed by atoms with Gasteiger partial charge in [0.25, 0.3) is 5.91 Å². The highest BCUT2D eigenvalue weighted by atomic mass is 16.5. The Kier molecular flexibility index (Phi) is 5.19. The molecule has 1 unspecified atom stereocenters. The van der Waals surface area contributed by atoms with Crippen molar-refractivity contribution in [1.82, 2.24) is 4.90 Å². The number of anilines is 1. The van der Waals surface area contributed by atoms with Crippen molar-refractivity contribution in [1.29, 1.82) is 5.26 Å². The molecule has 1 aromatic rings. The number of hydrogen-bond donors (Lipinski definition) is 1. The second kappa shape index (κ2) is 6.64. The minimum Gasteiger partial charge on any atom is -0.496 e. The number of rotatable bonds is 5. The van der Waals surface area contributed by atoms with Crippen molar-refractivity contribution in [3.05, 3.63) is 23.8 Å². The molecule has 0 aliphatic heterocycles. The third kappa shape index (κ3) is 3.62. The van der Waals surface area contributed by atoms with Crippen LogP contribution in [0.1, 0.15) is 24.2 Å². The molecular weight excluding hydrogens is 242 g/mol. The van der Waals surface area contributed by atoms with E-state index in [9.17, 15) is 4.79 Å². The second-order valence-electron chi connectivity index (χ2n) is 4.33. The normalized spacial score (nSPS) is 11.5. The highest BCUT2D eigenvalue weighted by Gasteiger charge is 2.20. The average molecular weight is 261 g/mol. The quantitative estimate of drug-likeness (QED) is 0.821. The van der Waals surface area contributed by atoms with E-state index in [0.29, 0.717) is 30.1 Å². The van der Waals surface area contributed by atoms with Crippen molar-refractivity contribution in [3.63, 3.8) is 0 Å². The van der Waals surface area contributed by atoms with Crippen molar-refractivity contribution in [2.24, 2.45) is 5.92 Å². The first-order valence-electron chi connectivity index (χ1n) is 6.15. The molecule has 0 aliphatic rings. The van der Waals surface area contributed by atoms with Gasteiger partial charge in [-0.1, -0.05) is 0 Å². The van der Waals surface area contributed by atoms with E-state index >= 15 is 0 Å². The zero-order chi connectivity index (χ0) is 14.4. The fourth-order valence-electron chi connectivity index (χ4n) is 1.78. The van der Waals surface area contributed by atoms with Gasteiger partial charge in [0.2, 0.25) is 0 Å². The summed E-state index contributed by atoms with van der Waals surface area (Å²) in [5.74, 6) is 0.0955. The number of hydrogen-bond acceptors (Lipinski definition) is 4. The molecule has 102 valence electrons. The summed E-state index contributed by atoms with van der Waals surface area (Å²) in [7, 11) is 1.50. The van der Waals surface area contributed by atoms with Crippen LogP contribution in [0.2, 0.25) is 0 Å². The van der Waals surface area contributed by atoms with E-state index in [1.807, 2.05) is 6.92 Å². The van der Waals surface area contributed by atoms with Crippen LogP contribution in [-0.2, 0) is 0 Å². The Morgan fingerprint density at radius 1 is 1.58 bits per heavy atom. The Bertz CT molecular complexity index is 494. The van der Waals surface area contributed by atoms with Crippen molar-refractivity contribution >= 4 is 11.6 Å². The molecular formula is C14H19N3O2. The molecule has 0 aliphatic carbocycles. The van der Waals surface area contributed by atoms with Gasteiger partial charge in [0.1, 0.15) is 5.75 Å².